The van der Waals surface area contributed by atoms with Crippen LogP contribution in [0.3, 0.4) is 0 Å². The SMILES string of the molecule is C=CCC([O])[CH]Oc1ccccc1. The van der Waals surface area contributed by atoms with Crippen molar-refractivity contribution in [3.63, 3.8) is 0 Å². The first-order valence-electron chi connectivity index (χ1n) is 4.14. The normalized spacial score (nSPS) is 12.1. The molecule has 2 nitrogen and oxygen atoms in total. The largest absolute Gasteiger partial charge is 0.484 e. The summed E-state index contributed by atoms with van der Waals surface area (Å²) in [6.45, 7) is 4.77. The molecular weight excluding hydrogens is 164 g/mol. The van der Waals surface area contributed by atoms with E-state index in [0.717, 1.165) is 0 Å². The van der Waals surface area contributed by atoms with Gasteiger partial charge in [0.1, 0.15) is 11.9 Å². The third kappa shape index (κ3) is 3.76. The second-order valence-electron chi connectivity index (χ2n) is 2.63. The van der Waals surface area contributed by atoms with E-state index in [4.69, 9.17) is 4.74 Å². The Bertz CT molecular complexity index is 244. The molecule has 0 aromatic heterocycles. The molecule has 0 aliphatic rings. The van der Waals surface area contributed by atoms with E-state index in [9.17, 15) is 5.11 Å². The van der Waals surface area contributed by atoms with E-state index < -0.39 is 6.10 Å². The summed E-state index contributed by atoms with van der Waals surface area (Å²) in [5.74, 6) is 0.687. The Kier molecular flexibility index (Phi) is 4.06. The van der Waals surface area contributed by atoms with E-state index in [2.05, 4.69) is 6.58 Å². The first-order valence-corrected chi connectivity index (χ1v) is 4.14. The van der Waals surface area contributed by atoms with E-state index in [-0.39, 0.29) is 0 Å². The van der Waals surface area contributed by atoms with Crippen LogP contribution >= 0.6 is 0 Å². The van der Waals surface area contributed by atoms with Crippen LogP contribution in [0.2, 0.25) is 0 Å². The van der Waals surface area contributed by atoms with Crippen LogP contribution in [0, 0.1) is 6.61 Å². The molecule has 0 amide bonds. The molecule has 0 bridgehead atoms. The second-order valence-corrected chi connectivity index (χ2v) is 2.63. The molecule has 68 valence electrons. The van der Waals surface area contributed by atoms with Crippen molar-refractivity contribution in [3.8, 4) is 5.75 Å². The highest BCUT2D eigenvalue weighted by Gasteiger charge is 2.05. The summed E-state index contributed by atoms with van der Waals surface area (Å²) in [5, 5.41) is 11.0. The second kappa shape index (κ2) is 5.38. The highest BCUT2D eigenvalue weighted by Crippen LogP contribution is 2.11. The van der Waals surface area contributed by atoms with Crippen molar-refractivity contribution in [2.75, 3.05) is 0 Å². The minimum atomic E-state index is -0.835. The van der Waals surface area contributed by atoms with Crippen LogP contribution in [0.5, 0.6) is 5.75 Å². The van der Waals surface area contributed by atoms with Crippen molar-refractivity contribution < 1.29 is 9.84 Å². The van der Waals surface area contributed by atoms with Crippen molar-refractivity contribution in [2.24, 2.45) is 0 Å². The fourth-order valence-corrected chi connectivity index (χ4v) is 0.873. The molecule has 13 heavy (non-hydrogen) atoms. The fourth-order valence-electron chi connectivity index (χ4n) is 0.873. The molecule has 0 spiro atoms. The van der Waals surface area contributed by atoms with Gasteiger partial charge in [0, 0.05) is 0 Å². The number of hydrogen-bond acceptors (Lipinski definition) is 1. The summed E-state index contributed by atoms with van der Waals surface area (Å²) in [6.07, 6.45) is 1.15. The molecule has 1 rings (SSSR count). The number of rotatable bonds is 5. The van der Waals surface area contributed by atoms with Gasteiger partial charge < -0.3 is 4.74 Å². The summed E-state index contributed by atoms with van der Waals surface area (Å²) in [5.41, 5.74) is 0. The van der Waals surface area contributed by atoms with Crippen molar-refractivity contribution in [2.45, 2.75) is 12.5 Å². The molecule has 1 atom stereocenters. The van der Waals surface area contributed by atoms with Crippen LogP contribution in [0.25, 0.3) is 0 Å². The summed E-state index contributed by atoms with van der Waals surface area (Å²) < 4.78 is 5.14. The van der Waals surface area contributed by atoms with E-state index in [0.29, 0.717) is 12.2 Å². The fraction of sp³-hybridized carbons (Fsp3) is 0.182. The maximum Gasteiger partial charge on any atom is 0.168 e. The van der Waals surface area contributed by atoms with Gasteiger partial charge in [-0.2, -0.15) is 0 Å². The summed E-state index contributed by atoms with van der Waals surface area (Å²) in [6, 6.07) is 9.21. The molecule has 0 aliphatic heterocycles. The van der Waals surface area contributed by atoms with Crippen molar-refractivity contribution in [1.29, 1.82) is 0 Å². The Hall–Kier alpha value is -1.28. The molecule has 0 N–H and O–H groups in total. The smallest absolute Gasteiger partial charge is 0.168 e. The third-order valence-electron chi connectivity index (χ3n) is 1.50. The third-order valence-corrected chi connectivity index (χ3v) is 1.50. The van der Waals surface area contributed by atoms with Crippen LogP contribution in [-0.4, -0.2) is 6.10 Å². The molecule has 1 unspecified atom stereocenters. The average molecular weight is 176 g/mol. The predicted molar refractivity (Wildman–Crippen MR) is 50.7 cm³/mol. The molecule has 1 aromatic carbocycles. The quantitative estimate of drug-likeness (QED) is 0.634. The van der Waals surface area contributed by atoms with Gasteiger partial charge in [0.05, 0.1) is 0 Å². The van der Waals surface area contributed by atoms with E-state index in [1.165, 1.54) is 6.61 Å². The van der Waals surface area contributed by atoms with E-state index >= 15 is 0 Å². The first kappa shape index (κ1) is 9.81. The van der Waals surface area contributed by atoms with E-state index in [1.807, 2.05) is 18.2 Å². The summed E-state index contributed by atoms with van der Waals surface area (Å²) >= 11 is 0. The van der Waals surface area contributed by atoms with Crippen LogP contribution in [-0.2, 0) is 5.11 Å². The Morgan fingerprint density at radius 2 is 2.08 bits per heavy atom. The lowest BCUT2D eigenvalue weighted by Crippen LogP contribution is -2.08. The highest BCUT2D eigenvalue weighted by atomic mass is 16.5. The molecule has 0 fully saturated rings. The van der Waals surface area contributed by atoms with E-state index in [1.54, 1.807) is 18.2 Å². The molecule has 2 radical (unpaired) electrons. The van der Waals surface area contributed by atoms with Gasteiger partial charge in [-0.15, -0.1) is 6.58 Å². The van der Waals surface area contributed by atoms with Gasteiger partial charge in [0.15, 0.2) is 6.61 Å². The molecule has 0 saturated carbocycles. The highest BCUT2D eigenvalue weighted by molar-refractivity contribution is 5.21. The Labute approximate surface area is 78.5 Å². The molecule has 2 heteroatoms. The summed E-state index contributed by atoms with van der Waals surface area (Å²) in [7, 11) is 0. The number of ether oxygens (including phenoxy) is 1. The van der Waals surface area contributed by atoms with Gasteiger partial charge in [0.25, 0.3) is 0 Å². The zero-order valence-electron chi connectivity index (χ0n) is 7.35. The number of hydrogen-bond donors (Lipinski definition) is 0. The van der Waals surface area contributed by atoms with Crippen LogP contribution in [0.4, 0.5) is 0 Å². The van der Waals surface area contributed by atoms with Gasteiger partial charge in [-0.25, -0.2) is 5.11 Å². The zero-order valence-corrected chi connectivity index (χ0v) is 7.35. The number of benzene rings is 1. The summed E-state index contributed by atoms with van der Waals surface area (Å²) in [4.78, 5) is 0. The lowest BCUT2D eigenvalue weighted by atomic mass is 10.3. The van der Waals surface area contributed by atoms with Crippen LogP contribution in [0.1, 0.15) is 6.42 Å². The van der Waals surface area contributed by atoms with Crippen molar-refractivity contribution in [3.05, 3.63) is 49.6 Å². The average Bonchev–Trinajstić information content (AvgIpc) is 2.17. The lowest BCUT2D eigenvalue weighted by molar-refractivity contribution is 0.0823. The van der Waals surface area contributed by atoms with Gasteiger partial charge >= 0.3 is 0 Å². The number of para-hydroxylation sites is 1. The predicted octanol–water partition coefficient (Wildman–Crippen LogP) is 2.60. The van der Waals surface area contributed by atoms with Crippen LogP contribution < -0.4 is 4.74 Å². The van der Waals surface area contributed by atoms with Gasteiger partial charge in [-0.3, -0.25) is 0 Å². The lowest BCUT2D eigenvalue weighted by Gasteiger charge is -2.06. The van der Waals surface area contributed by atoms with Gasteiger partial charge in [-0.05, 0) is 18.6 Å². The molecule has 0 aliphatic carbocycles. The maximum absolute atomic E-state index is 11.0. The van der Waals surface area contributed by atoms with Crippen molar-refractivity contribution in [1.82, 2.24) is 0 Å². The molecule has 0 saturated heterocycles. The molecule has 1 aromatic rings. The first-order chi connectivity index (χ1) is 6.33. The maximum atomic E-state index is 11.0. The minimum Gasteiger partial charge on any atom is -0.484 e. The minimum absolute atomic E-state index is 0.396. The Morgan fingerprint density at radius 1 is 1.38 bits per heavy atom. The standard InChI is InChI=1S/C11H12O2/c1-2-6-10(12)9-13-11-7-4-3-5-8-11/h2-5,7-10H,1,6H2. The van der Waals surface area contributed by atoms with Crippen LogP contribution in [0.15, 0.2) is 43.0 Å². The molecule has 0 heterocycles. The Morgan fingerprint density at radius 3 is 2.69 bits per heavy atom. The van der Waals surface area contributed by atoms with Gasteiger partial charge in [-0.1, -0.05) is 24.3 Å². The topological polar surface area (TPSA) is 29.1 Å². The Balaban J connectivity index is 2.30. The molecular formula is C11H12O2. The zero-order chi connectivity index (χ0) is 9.52. The van der Waals surface area contributed by atoms with Gasteiger partial charge in [0.2, 0.25) is 0 Å². The monoisotopic (exact) mass is 176 g/mol. The van der Waals surface area contributed by atoms with Crippen molar-refractivity contribution >= 4 is 0 Å².